The quantitative estimate of drug-likeness (QED) is 0.804. The van der Waals surface area contributed by atoms with Gasteiger partial charge in [-0.25, -0.2) is 0 Å². The van der Waals surface area contributed by atoms with Crippen molar-refractivity contribution in [2.45, 2.75) is 13.8 Å². The molecule has 2 heterocycles. The Hall–Kier alpha value is -2.60. The molecule has 5 nitrogen and oxygen atoms in total. The molecule has 0 saturated heterocycles. The Bertz CT molecular complexity index is 814. The Morgan fingerprint density at radius 3 is 2.77 bits per heavy atom. The van der Waals surface area contributed by atoms with Gasteiger partial charge in [0, 0.05) is 23.5 Å². The summed E-state index contributed by atoms with van der Waals surface area (Å²) in [6.07, 6.45) is 3.42. The van der Waals surface area contributed by atoms with Crippen LogP contribution in [0.4, 0.5) is 5.13 Å². The second-order valence-electron chi connectivity index (χ2n) is 4.93. The zero-order valence-electron chi connectivity index (χ0n) is 12.2. The lowest BCUT2D eigenvalue weighted by molar-refractivity contribution is 0.102. The van der Waals surface area contributed by atoms with Crippen LogP contribution in [0.5, 0.6) is 0 Å². The molecule has 2 aromatic heterocycles. The second kappa shape index (κ2) is 6.03. The average Bonchev–Trinajstić information content (AvgIpc) is 2.96. The average molecular weight is 310 g/mol. The van der Waals surface area contributed by atoms with Crippen molar-refractivity contribution in [1.29, 1.82) is 0 Å². The largest absolute Gasteiger partial charge is 0.296 e. The Labute approximate surface area is 132 Å². The van der Waals surface area contributed by atoms with E-state index >= 15 is 0 Å². The summed E-state index contributed by atoms with van der Waals surface area (Å²) < 4.78 is 0. The first-order valence-electron chi connectivity index (χ1n) is 6.76. The van der Waals surface area contributed by atoms with Crippen molar-refractivity contribution >= 4 is 22.4 Å². The van der Waals surface area contributed by atoms with Crippen LogP contribution in [0.1, 0.15) is 21.5 Å². The number of hydrogen-bond acceptors (Lipinski definition) is 5. The van der Waals surface area contributed by atoms with Gasteiger partial charge >= 0.3 is 0 Å². The van der Waals surface area contributed by atoms with E-state index in [-0.39, 0.29) is 5.91 Å². The van der Waals surface area contributed by atoms with Crippen LogP contribution >= 0.6 is 11.3 Å². The summed E-state index contributed by atoms with van der Waals surface area (Å²) in [6, 6.07) is 9.47. The van der Waals surface area contributed by atoms with Crippen LogP contribution in [0.25, 0.3) is 10.6 Å². The molecule has 1 aromatic carbocycles. The maximum atomic E-state index is 12.3. The van der Waals surface area contributed by atoms with E-state index in [2.05, 4.69) is 20.5 Å². The molecule has 1 N–H and O–H groups in total. The van der Waals surface area contributed by atoms with Crippen LogP contribution in [-0.4, -0.2) is 21.1 Å². The van der Waals surface area contributed by atoms with Gasteiger partial charge in [0.05, 0.1) is 0 Å². The third kappa shape index (κ3) is 3.01. The van der Waals surface area contributed by atoms with Crippen molar-refractivity contribution in [1.82, 2.24) is 15.2 Å². The standard InChI is InChI=1S/C16H14N4OS/c1-10-5-6-13(11(2)8-10)14(21)18-16-20-19-15(22-16)12-4-3-7-17-9-12/h3-9H,1-2H3,(H,18,20,21). The molecule has 0 fully saturated rings. The number of pyridine rings is 1. The van der Waals surface area contributed by atoms with Gasteiger partial charge in [-0.1, -0.05) is 29.0 Å². The van der Waals surface area contributed by atoms with Gasteiger partial charge in [-0.15, -0.1) is 10.2 Å². The highest BCUT2D eigenvalue weighted by Crippen LogP contribution is 2.26. The summed E-state index contributed by atoms with van der Waals surface area (Å²) in [7, 11) is 0. The fraction of sp³-hybridized carbons (Fsp3) is 0.125. The zero-order chi connectivity index (χ0) is 15.5. The number of anilines is 1. The third-order valence-electron chi connectivity index (χ3n) is 3.18. The molecular weight excluding hydrogens is 296 g/mol. The molecule has 22 heavy (non-hydrogen) atoms. The topological polar surface area (TPSA) is 67.8 Å². The van der Waals surface area contributed by atoms with Crippen molar-refractivity contribution in [2.24, 2.45) is 0 Å². The molecule has 0 saturated carbocycles. The first-order chi connectivity index (χ1) is 10.6. The molecule has 3 rings (SSSR count). The molecule has 0 atom stereocenters. The molecule has 0 aliphatic rings. The molecule has 1 amide bonds. The van der Waals surface area contributed by atoms with Crippen LogP contribution < -0.4 is 5.32 Å². The molecule has 0 spiro atoms. The van der Waals surface area contributed by atoms with E-state index < -0.39 is 0 Å². The van der Waals surface area contributed by atoms with Crippen LogP contribution in [0.3, 0.4) is 0 Å². The highest BCUT2D eigenvalue weighted by molar-refractivity contribution is 7.18. The Kier molecular flexibility index (Phi) is 3.93. The van der Waals surface area contributed by atoms with Crippen molar-refractivity contribution in [3.05, 3.63) is 59.4 Å². The highest BCUT2D eigenvalue weighted by Gasteiger charge is 2.13. The van der Waals surface area contributed by atoms with E-state index in [0.29, 0.717) is 10.7 Å². The van der Waals surface area contributed by atoms with Gasteiger partial charge in [0.15, 0.2) is 5.01 Å². The van der Waals surface area contributed by atoms with E-state index in [1.165, 1.54) is 11.3 Å². The van der Waals surface area contributed by atoms with Crippen molar-refractivity contribution < 1.29 is 4.79 Å². The SMILES string of the molecule is Cc1ccc(C(=O)Nc2nnc(-c3cccnc3)s2)c(C)c1. The van der Waals surface area contributed by atoms with Crippen LogP contribution in [0, 0.1) is 13.8 Å². The maximum absolute atomic E-state index is 12.3. The minimum absolute atomic E-state index is 0.175. The smallest absolute Gasteiger partial charge is 0.257 e. The van der Waals surface area contributed by atoms with Gasteiger partial charge in [-0.3, -0.25) is 15.1 Å². The molecule has 110 valence electrons. The van der Waals surface area contributed by atoms with Crippen molar-refractivity contribution in [3.8, 4) is 10.6 Å². The number of nitrogens with one attached hydrogen (secondary N) is 1. The molecule has 0 aliphatic heterocycles. The fourth-order valence-electron chi connectivity index (χ4n) is 2.11. The molecule has 0 aliphatic carbocycles. The third-order valence-corrected chi connectivity index (χ3v) is 4.07. The van der Waals surface area contributed by atoms with Gasteiger partial charge in [0.1, 0.15) is 0 Å². The summed E-state index contributed by atoms with van der Waals surface area (Å²) >= 11 is 1.32. The fourth-order valence-corrected chi connectivity index (χ4v) is 2.84. The predicted molar refractivity (Wildman–Crippen MR) is 87.0 cm³/mol. The van der Waals surface area contributed by atoms with Crippen molar-refractivity contribution in [3.63, 3.8) is 0 Å². The van der Waals surface area contributed by atoms with E-state index in [1.54, 1.807) is 12.4 Å². The molecular formula is C16H14N4OS. The first kappa shape index (κ1) is 14.3. The van der Waals surface area contributed by atoms with Crippen LogP contribution in [0.2, 0.25) is 0 Å². The Morgan fingerprint density at radius 2 is 2.05 bits per heavy atom. The minimum atomic E-state index is -0.175. The number of amides is 1. The van der Waals surface area contributed by atoms with E-state index in [1.807, 2.05) is 44.2 Å². The second-order valence-corrected chi connectivity index (χ2v) is 5.90. The van der Waals surface area contributed by atoms with E-state index in [4.69, 9.17) is 0 Å². The molecule has 3 aromatic rings. The van der Waals surface area contributed by atoms with Crippen LogP contribution in [-0.2, 0) is 0 Å². The lowest BCUT2D eigenvalue weighted by Crippen LogP contribution is -2.13. The monoisotopic (exact) mass is 310 g/mol. The number of carbonyl (C=O) groups is 1. The summed E-state index contributed by atoms with van der Waals surface area (Å²) in [6.45, 7) is 3.92. The summed E-state index contributed by atoms with van der Waals surface area (Å²) in [5, 5.41) is 12.1. The van der Waals surface area contributed by atoms with E-state index in [9.17, 15) is 4.79 Å². The molecule has 0 bridgehead atoms. The number of aromatic nitrogens is 3. The number of hydrogen-bond donors (Lipinski definition) is 1. The number of carbonyl (C=O) groups excluding carboxylic acids is 1. The lowest BCUT2D eigenvalue weighted by atomic mass is 10.1. The van der Waals surface area contributed by atoms with Gasteiger partial charge in [0.2, 0.25) is 5.13 Å². The van der Waals surface area contributed by atoms with Gasteiger partial charge < -0.3 is 0 Å². The highest BCUT2D eigenvalue weighted by atomic mass is 32.1. The summed E-state index contributed by atoms with van der Waals surface area (Å²) in [4.78, 5) is 16.4. The molecule has 6 heteroatoms. The molecule has 0 radical (unpaired) electrons. The summed E-state index contributed by atoms with van der Waals surface area (Å²) in [5.74, 6) is -0.175. The summed E-state index contributed by atoms with van der Waals surface area (Å²) in [5.41, 5.74) is 3.59. The minimum Gasteiger partial charge on any atom is -0.296 e. The number of rotatable bonds is 3. The van der Waals surface area contributed by atoms with Crippen molar-refractivity contribution in [2.75, 3.05) is 5.32 Å². The number of aryl methyl sites for hydroxylation is 2. The van der Waals surface area contributed by atoms with Gasteiger partial charge in [-0.05, 0) is 37.6 Å². The van der Waals surface area contributed by atoms with Gasteiger partial charge in [-0.2, -0.15) is 0 Å². The first-order valence-corrected chi connectivity index (χ1v) is 7.57. The van der Waals surface area contributed by atoms with E-state index in [0.717, 1.165) is 21.7 Å². The number of nitrogens with zero attached hydrogens (tertiary/aromatic N) is 3. The number of benzene rings is 1. The zero-order valence-corrected chi connectivity index (χ0v) is 13.0. The Morgan fingerprint density at radius 1 is 1.18 bits per heavy atom. The Balaban J connectivity index is 1.79. The molecule has 0 unspecified atom stereocenters. The predicted octanol–water partition coefficient (Wildman–Crippen LogP) is 3.47. The van der Waals surface area contributed by atoms with Gasteiger partial charge in [0.25, 0.3) is 5.91 Å². The van der Waals surface area contributed by atoms with Crippen LogP contribution in [0.15, 0.2) is 42.7 Å². The normalized spacial score (nSPS) is 10.5. The lowest BCUT2D eigenvalue weighted by Gasteiger charge is -2.05. The maximum Gasteiger partial charge on any atom is 0.257 e.